The number of amides is 3. The van der Waals surface area contributed by atoms with Crippen LogP contribution < -0.4 is 16.4 Å². The van der Waals surface area contributed by atoms with E-state index in [1.165, 1.54) is 47.8 Å². The Labute approximate surface area is 249 Å². The quantitative estimate of drug-likeness (QED) is 0.0941. The Bertz CT molecular complexity index is 1630. The summed E-state index contributed by atoms with van der Waals surface area (Å²) in [6.45, 7) is 0.158. The molecule has 4 heterocycles. The van der Waals surface area contributed by atoms with Gasteiger partial charge in [-0.1, -0.05) is 29.0 Å². The Morgan fingerprint density at radius 2 is 1.91 bits per heavy atom. The molecule has 0 aliphatic carbocycles. The van der Waals surface area contributed by atoms with Crippen LogP contribution in [0.4, 0.5) is 0 Å². The number of rotatable bonds is 10. The van der Waals surface area contributed by atoms with E-state index in [0.717, 1.165) is 4.90 Å². The monoisotopic (exact) mass is 630 g/mol. The molecule has 1 fully saturated rings. The molecule has 3 aromatic rings. The van der Waals surface area contributed by atoms with Crippen molar-refractivity contribution in [3.63, 3.8) is 0 Å². The standard InChI is InChI=1S/C23H22N10O8S2/c24-5-11-25-23(32-29-11)43-7-9-6-42-20-14(19(38)33(20)15(9)21(39)40)27-16(35)12(8-1-3-10(34)4-2-8)26-17(36)13-18(37)28-22(41)31-30-13/h1-4,12,14,20,34H,5-7,24H2,(H,26,36)(H,27,35)(H,39,40)(H,25,29,32)(H2,28,31,37,41)/t12?,14?,20-/m0/s1. The van der Waals surface area contributed by atoms with Gasteiger partial charge in [-0.15, -0.1) is 22.0 Å². The van der Waals surface area contributed by atoms with Crippen molar-refractivity contribution in [3.8, 4) is 17.6 Å². The lowest BCUT2D eigenvalue weighted by Crippen LogP contribution is -2.71. The van der Waals surface area contributed by atoms with Crippen LogP contribution in [-0.4, -0.2) is 102 Å². The Morgan fingerprint density at radius 1 is 1.16 bits per heavy atom. The van der Waals surface area contributed by atoms with Crippen LogP contribution in [0, 0.1) is 0 Å². The number of aromatic nitrogens is 6. The number of hydrogen-bond acceptors (Lipinski definition) is 15. The van der Waals surface area contributed by atoms with Crippen molar-refractivity contribution >= 4 is 47.2 Å². The molecule has 2 aliphatic heterocycles. The van der Waals surface area contributed by atoms with Crippen LogP contribution in [0.5, 0.6) is 17.6 Å². The van der Waals surface area contributed by atoms with E-state index in [1.807, 2.05) is 0 Å². The molecule has 1 saturated heterocycles. The fourth-order valence-electron chi connectivity index (χ4n) is 4.24. The molecule has 1 aromatic carbocycles. The van der Waals surface area contributed by atoms with Crippen LogP contribution in [0.25, 0.3) is 0 Å². The van der Waals surface area contributed by atoms with Gasteiger partial charge in [0.15, 0.2) is 0 Å². The molecule has 0 radical (unpaired) electrons. The number of hydrogen-bond donors (Lipinski definition) is 8. The SMILES string of the molecule is NCc1nc(SCC2=C(C(=O)O)N3C(=O)C(NC(=O)C(NC(=O)c4nnc(O)nc4O)c4ccc(O)cc4)[C@@H]3SC2)n[nH]1. The maximum atomic E-state index is 13.4. The number of carboxylic acid groups (broad SMARTS) is 1. The van der Waals surface area contributed by atoms with Crippen molar-refractivity contribution in [3.05, 3.63) is 52.6 Å². The third kappa shape index (κ3) is 6.01. The number of carboxylic acids is 1. The summed E-state index contributed by atoms with van der Waals surface area (Å²) in [5, 5.41) is 56.6. The number of nitrogens with one attached hydrogen (secondary N) is 3. The minimum atomic E-state index is -1.46. The molecule has 2 unspecified atom stereocenters. The number of thioether (sulfide) groups is 2. The zero-order chi connectivity index (χ0) is 30.8. The van der Waals surface area contributed by atoms with Gasteiger partial charge in [-0.05, 0) is 23.3 Å². The van der Waals surface area contributed by atoms with E-state index < -0.39 is 58.7 Å². The Balaban J connectivity index is 1.33. The van der Waals surface area contributed by atoms with Crippen molar-refractivity contribution in [1.82, 2.24) is 45.9 Å². The average molecular weight is 631 g/mol. The number of aromatic hydroxyl groups is 3. The summed E-state index contributed by atoms with van der Waals surface area (Å²) in [6, 6.07) is 1.78. The van der Waals surface area contributed by atoms with Crippen molar-refractivity contribution in [2.45, 2.75) is 29.2 Å². The highest BCUT2D eigenvalue weighted by Gasteiger charge is 2.54. The second kappa shape index (κ2) is 12.1. The van der Waals surface area contributed by atoms with Gasteiger partial charge in [-0.3, -0.25) is 24.4 Å². The number of aromatic amines is 1. The average Bonchev–Trinajstić information content (AvgIpc) is 3.45. The summed E-state index contributed by atoms with van der Waals surface area (Å²) in [7, 11) is 0. The summed E-state index contributed by atoms with van der Waals surface area (Å²) < 4.78 is 0. The summed E-state index contributed by atoms with van der Waals surface area (Å²) in [6.07, 6.45) is 0. The third-order valence-corrected chi connectivity index (χ3v) is 8.54. The van der Waals surface area contributed by atoms with Crippen LogP contribution >= 0.6 is 23.5 Å². The first kappa shape index (κ1) is 29.5. The lowest BCUT2D eigenvalue weighted by molar-refractivity contribution is -0.151. The van der Waals surface area contributed by atoms with Crippen LogP contribution in [0.15, 0.2) is 40.7 Å². The Hall–Kier alpha value is -4.95. The van der Waals surface area contributed by atoms with Gasteiger partial charge in [0.25, 0.3) is 11.8 Å². The number of β-lactam (4-membered cyclic amide) rings is 1. The molecule has 0 bridgehead atoms. The van der Waals surface area contributed by atoms with Gasteiger partial charge in [0.05, 0.1) is 6.54 Å². The number of nitrogens with two attached hydrogens (primary N) is 1. The van der Waals surface area contributed by atoms with Gasteiger partial charge in [-0.2, -0.15) is 4.98 Å². The normalized spacial score (nSPS) is 18.4. The highest BCUT2D eigenvalue weighted by atomic mass is 32.2. The summed E-state index contributed by atoms with van der Waals surface area (Å²) in [5.41, 5.74) is 5.30. The zero-order valence-corrected chi connectivity index (χ0v) is 23.3. The van der Waals surface area contributed by atoms with Crippen molar-refractivity contribution in [1.29, 1.82) is 0 Å². The number of phenolic OH excluding ortho intramolecular Hbond substituents is 1. The van der Waals surface area contributed by atoms with Crippen molar-refractivity contribution < 1.29 is 39.6 Å². The molecule has 5 rings (SSSR count). The summed E-state index contributed by atoms with van der Waals surface area (Å²) >= 11 is 2.43. The van der Waals surface area contributed by atoms with E-state index in [-0.39, 0.29) is 35.1 Å². The van der Waals surface area contributed by atoms with E-state index in [9.17, 15) is 39.6 Å². The van der Waals surface area contributed by atoms with E-state index in [1.54, 1.807) is 0 Å². The summed E-state index contributed by atoms with van der Waals surface area (Å²) in [5.74, 6) is -4.06. The Kier molecular flexibility index (Phi) is 8.32. The molecule has 0 spiro atoms. The van der Waals surface area contributed by atoms with E-state index in [2.05, 4.69) is 41.0 Å². The van der Waals surface area contributed by atoms with Gasteiger partial charge in [0.2, 0.25) is 22.6 Å². The number of fused-ring (bicyclic) bond motifs is 1. The predicted octanol–water partition coefficient (Wildman–Crippen LogP) is -1.43. The van der Waals surface area contributed by atoms with Crippen molar-refractivity contribution in [2.75, 3.05) is 11.5 Å². The van der Waals surface area contributed by atoms with Gasteiger partial charge < -0.3 is 36.8 Å². The zero-order valence-electron chi connectivity index (χ0n) is 21.7. The number of H-pyrrole nitrogens is 1. The molecular formula is C23H22N10O8S2. The summed E-state index contributed by atoms with van der Waals surface area (Å²) in [4.78, 5) is 60.2. The Morgan fingerprint density at radius 3 is 2.56 bits per heavy atom. The van der Waals surface area contributed by atoms with E-state index >= 15 is 0 Å². The van der Waals surface area contributed by atoms with Crippen LogP contribution in [-0.2, 0) is 20.9 Å². The highest BCUT2D eigenvalue weighted by molar-refractivity contribution is 8.01. The molecule has 0 saturated carbocycles. The van der Waals surface area contributed by atoms with Crippen LogP contribution in [0.2, 0.25) is 0 Å². The number of nitrogens with zero attached hydrogens (tertiary/aromatic N) is 6. The molecule has 43 heavy (non-hydrogen) atoms. The molecule has 2 aromatic heterocycles. The third-order valence-electron chi connectivity index (χ3n) is 6.26. The van der Waals surface area contributed by atoms with Crippen molar-refractivity contribution in [2.24, 2.45) is 5.73 Å². The fraction of sp³-hybridized carbons (Fsp3) is 0.261. The van der Waals surface area contributed by atoms with Crippen LogP contribution in [0.3, 0.4) is 0 Å². The van der Waals surface area contributed by atoms with Crippen LogP contribution in [0.1, 0.15) is 27.9 Å². The molecule has 3 atom stereocenters. The van der Waals surface area contributed by atoms with Gasteiger partial charge in [-0.25, -0.2) is 9.78 Å². The van der Waals surface area contributed by atoms with E-state index in [0.29, 0.717) is 16.6 Å². The number of aliphatic carboxylic acids is 1. The maximum absolute atomic E-state index is 13.4. The minimum absolute atomic E-state index is 0.117. The smallest absolute Gasteiger partial charge is 0.352 e. The topological polar surface area (TPSA) is 283 Å². The number of phenols is 1. The fourth-order valence-corrected chi connectivity index (χ4v) is 6.54. The molecule has 18 nitrogen and oxygen atoms in total. The first-order valence-electron chi connectivity index (χ1n) is 12.2. The lowest BCUT2D eigenvalue weighted by atomic mass is 10.0. The van der Waals surface area contributed by atoms with Gasteiger partial charge in [0.1, 0.15) is 34.7 Å². The molecule has 2 aliphatic rings. The van der Waals surface area contributed by atoms with Gasteiger partial charge >= 0.3 is 12.0 Å². The molecule has 224 valence electrons. The predicted molar refractivity (Wildman–Crippen MR) is 146 cm³/mol. The number of carbonyl (C=O) groups excluding carboxylic acids is 3. The lowest BCUT2D eigenvalue weighted by Gasteiger charge is -2.49. The van der Waals surface area contributed by atoms with E-state index in [4.69, 9.17) is 5.73 Å². The maximum Gasteiger partial charge on any atom is 0.352 e. The first-order chi connectivity index (χ1) is 20.6. The highest BCUT2D eigenvalue weighted by Crippen LogP contribution is 2.41. The molecule has 3 amide bonds. The second-order valence-corrected chi connectivity index (χ2v) is 11.0. The second-order valence-electron chi connectivity index (χ2n) is 8.99. The van der Waals surface area contributed by atoms with Gasteiger partial charge in [0, 0.05) is 11.5 Å². The number of carbonyl (C=O) groups is 4. The minimum Gasteiger partial charge on any atom is -0.508 e. The molecule has 9 N–H and O–H groups in total. The first-order valence-corrected chi connectivity index (χ1v) is 14.3. The molecule has 20 heteroatoms. The largest absolute Gasteiger partial charge is 0.508 e. The number of benzene rings is 1. The molecular weight excluding hydrogens is 608 g/mol.